The van der Waals surface area contributed by atoms with Gasteiger partial charge in [-0.15, -0.1) is 0 Å². The first-order valence-corrected chi connectivity index (χ1v) is 12.4. The molecular formula is C26H42FN3O2S. The molecule has 0 radical (unpaired) electrons. The molecule has 2 atom stereocenters. The van der Waals surface area contributed by atoms with Gasteiger partial charge in [-0.3, -0.25) is 9.78 Å². The summed E-state index contributed by atoms with van der Waals surface area (Å²) < 4.78 is 19.0. The molecule has 2 heterocycles. The molecule has 2 rings (SSSR count). The summed E-state index contributed by atoms with van der Waals surface area (Å²) in [6, 6.07) is 3.13. The van der Waals surface area contributed by atoms with Gasteiger partial charge >= 0.3 is 0 Å². The number of piperidine rings is 1. The fraction of sp³-hybridized carbons (Fsp3) is 0.654. The number of carbonyl (C=O) groups excluding carboxylic acids is 1. The van der Waals surface area contributed by atoms with Gasteiger partial charge in [-0.25, -0.2) is 4.39 Å². The fourth-order valence-electron chi connectivity index (χ4n) is 3.99. The summed E-state index contributed by atoms with van der Waals surface area (Å²) in [7, 11) is 0. The average Bonchev–Trinajstić information content (AvgIpc) is 2.75. The molecule has 1 saturated heterocycles. The van der Waals surface area contributed by atoms with E-state index in [2.05, 4.69) is 46.2 Å². The van der Waals surface area contributed by atoms with Gasteiger partial charge < -0.3 is 14.5 Å². The molecule has 0 aliphatic carbocycles. The van der Waals surface area contributed by atoms with E-state index in [1.54, 1.807) is 24.1 Å². The number of hydrogen-bond donors (Lipinski definition) is 0. The smallest absolute Gasteiger partial charge is 0.263 e. The summed E-state index contributed by atoms with van der Waals surface area (Å²) in [6.45, 7) is 18.8. The zero-order chi connectivity index (χ0) is 25.0. The Morgan fingerprint density at radius 1 is 1.36 bits per heavy atom. The van der Waals surface area contributed by atoms with E-state index in [4.69, 9.17) is 17.0 Å². The van der Waals surface area contributed by atoms with Gasteiger partial charge in [0.05, 0.1) is 12.8 Å². The van der Waals surface area contributed by atoms with Crippen LogP contribution in [0.25, 0.3) is 0 Å². The SMILES string of the molecule is C=CN(CCC)C(=S)OCC1CN(C(C)=O)CC[C@H]1c1ccc(F)cn1.CCCC(C)(C)C. The molecule has 186 valence electrons. The molecule has 1 aromatic heterocycles. The van der Waals surface area contributed by atoms with E-state index in [1.807, 2.05) is 4.90 Å². The number of likely N-dealkylation sites (tertiary alicyclic amines) is 1. The van der Waals surface area contributed by atoms with Gasteiger partial charge in [0.25, 0.3) is 5.17 Å². The van der Waals surface area contributed by atoms with Gasteiger partial charge in [0.2, 0.25) is 5.91 Å². The average molecular weight is 480 g/mol. The third-order valence-electron chi connectivity index (χ3n) is 5.65. The molecule has 5 nitrogen and oxygen atoms in total. The molecule has 1 unspecified atom stereocenters. The van der Waals surface area contributed by atoms with Crippen molar-refractivity contribution < 1.29 is 13.9 Å². The summed E-state index contributed by atoms with van der Waals surface area (Å²) >= 11 is 5.35. The highest BCUT2D eigenvalue weighted by Crippen LogP contribution is 2.32. The molecule has 0 spiro atoms. The predicted octanol–water partition coefficient (Wildman–Crippen LogP) is 6.16. The van der Waals surface area contributed by atoms with E-state index in [-0.39, 0.29) is 23.6 Å². The first-order valence-electron chi connectivity index (χ1n) is 11.9. The quantitative estimate of drug-likeness (QED) is 0.438. The summed E-state index contributed by atoms with van der Waals surface area (Å²) in [5.41, 5.74) is 1.37. The highest BCUT2D eigenvalue weighted by molar-refractivity contribution is 7.80. The number of thiocarbonyl (C=S) groups is 1. The number of aromatic nitrogens is 1. The maximum absolute atomic E-state index is 13.2. The minimum absolute atomic E-state index is 0.0388. The first-order chi connectivity index (χ1) is 15.5. The zero-order valence-corrected chi connectivity index (χ0v) is 22.1. The van der Waals surface area contributed by atoms with E-state index in [9.17, 15) is 9.18 Å². The van der Waals surface area contributed by atoms with Gasteiger partial charge in [-0.05, 0) is 49.0 Å². The van der Waals surface area contributed by atoms with Crippen LogP contribution >= 0.6 is 12.2 Å². The highest BCUT2D eigenvalue weighted by atomic mass is 32.1. The van der Waals surface area contributed by atoms with Crippen LogP contribution in [0.15, 0.2) is 31.1 Å². The summed E-state index contributed by atoms with van der Waals surface area (Å²) in [4.78, 5) is 19.6. The minimum Gasteiger partial charge on any atom is -0.470 e. The summed E-state index contributed by atoms with van der Waals surface area (Å²) in [5.74, 6) is -0.180. The molecular weight excluding hydrogens is 437 g/mol. The number of ether oxygens (including phenoxy) is 1. The monoisotopic (exact) mass is 479 g/mol. The van der Waals surface area contributed by atoms with Gasteiger partial charge in [0.1, 0.15) is 5.82 Å². The van der Waals surface area contributed by atoms with Gasteiger partial charge in [0.15, 0.2) is 0 Å². The van der Waals surface area contributed by atoms with Crippen LogP contribution in [-0.4, -0.2) is 52.1 Å². The maximum Gasteiger partial charge on any atom is 0.263 e. The lowest BCUT2D eigenvalue weighted by Crippen LogP contribution is -2.44. The van der Waals surface area contributed by atoms with Crippen molar-refractivity contribution in [1.29, 1.82) is 0 Å². The highest BCUT2D eigenvalue weighted by Gasteiger charge is 2.33. The van der Waals surface area contributed by atoms with Gasteiger partial charge in [0, 0.05) is 50.3 Å². The topological polar surface area (TPSA) is 45.7 Å². The number of amides is 1. The summed E-state index contributed by atoms with van der Waals surface area (Å²) in [6.07, 6.45) is 7.23. The maximum atomic E-state index is 13.2. The van der Waals surface area contributed by atoms with Crippen molar-refractivity contribution in [2.45, 2.75) is 73.1 Å². The van der Waals surface area contributed by atoms with Crippen LogP contribution < -0.4 is 0 Å². The van der Waals surface area contributed by atoms with Crippen molar-refractivity contribution in [2.24, 2.45) is 11.3 Å². The van der Waals surface area contributed by atoms with Crippen molar-refractivity contribution in [3.05, 3.63) is 42.6 Å². The minimum atomic E-state index is -0.356. The number of hydrogen-bond acceptors (Lipinski definition) is 4. The molecule has 7 heteroatoms. The first kappa shape index (κ1) is 29.0. The van der Waals surface area contributed by atoms with Crippen LogP contribution in [-0.2, 0) is 9.53 Å². The Labute approximate surface area is 205 Å². The van der Waals surface area contributed by atoms with Crippen LogP contribution in [0, 0.1) is 17.2 Å². The van der Waals surface area contributed by atoms with Crippen molar-refractivity contribution in [2.75, 3.05) is 26.2 Å². The molecule has 33 heavy (non-hydrogen) atoms. The molecule has 1 aromatic rings. The van der Waals surface area contributed by atoms with Crippen LogP contribution in [0.3, 0.4) is 0 Å². The lowest BCUT2D eigenvalue weighted by molar-refractivity contribution is -0.131. The van der Waals surface area contributed by atoms with Gasteiger partial charge in [-0.1, -0.05) is 47.6 Å². The van der Waals surface area contributed by atoms with Crippen LogP contribution in [0.2, 0.25) is 0 Å². The largest absolute Gasteiger partial charge is 0.470 e. The van der Waals surface area contributed by atoms with E-state index in [0.717, 1.165) is 25.1 Å². The van der Waals surface area contributed by atoms with Crippen molar-refractivity contribution in [3.8, 4) is 0 Å². The molecule has 0 bridgehead atoms. The Morgan fingerprint density at radius 3 is 2.52 bits per heavy atom. The van der Waals surface area contributed by atoms with Crippen LogP contribution in [0.4, 0.5) is 4.39 Å². The number of halogens is 1. The van der Waals surface area contributed by atoms with Crippen molar-refractivity contribution in [3.63, 3.8) is 0 Å². The fourth-order valence-corrected chi connectivity index (χ4v) is 4.23. The van der Waals surface area contributed by atoms with E-state index in [0.29, 0.717) is 30.3 Å². The lowest BCUT2D eigenvalue weighted by atomic mass is 9.83. The van der Waals surface area contributed by atoms with Crippen molar-refractivity contribution in [1.82, 2.24) is 14.8 Å². The van der Waals surface area contributed by atoms with E-state index < -0.39 is 0 Å². The molecule has 1 amide bonds. The zero-order valence-electron chi connectivity index (χ0n) is 21.3. The molecule has 1 aliphatic rings. The summed E-state index contributed by atoms with van der Waals surface area (Å²) in [5, 5.41) is 0.382. The van der Waals surface area contributed by atoms with E-state index in [1.165, 1.54) is 25.1 Å². The third kappa shape index (κ3) is 10.6. The Kier molecular flexibility index (Phi) is 12.6. The Bertz CT molecular complexity index is 749. The second-order valence-corrected chi connectivity index (χ2v) is 10.1. The number of carbonyl (C=O) groups is 1. The van der Waals surface area contributed by atoms with Crippen LogP contribution in [0.5, 0.6) is 0 Å². The second-order valence-electron chi connectivity index (χ2n) is 9.79. The molecule has 1 aliphatic heterocycles. The lowest BCUT2D eigenvalue weighted by Gasteiger charge is -2.38. The molecule has 0 N–H and O–H groups in total. The Balaban J connectivity index is 0.000000675. The molecule has 0 saturated carbocycles. The Morgan fingerprint density at radius 2 is 2.06 bits per heavy atom. The van der Waals surface area contributed by atoms with Crippen molar-refractivity contribution >= 4 is 23.3 Å². The number of rotatable bonds is 7. The third-order valence-corrected chi connectivity index (χ3v) is 6.00. The molecule has 0 aromatic carbocycles. The normalized spacial score (nSPS) is 18.1. The van der Waals surface area contributed by atoms with E-state index >= 15 is 0 Å². The number of nitrogens with zero attached hydrogens (tertiary/aromatic N) is 3. The Hall–Kier alpha value is -2.02. The molecule has 1 fully saturated rings. The second kappa shape index (κ2) is 14.3. The van der Waals surface area contributed by atoms with Gasteiger partial charge in [-0.2, -0.15) is 0 Å². The van der Waals surface area contributed by atoms with Crippen LogP contribution in [0.1, 0.15) is 78.8 Å². The predicted molar refractivity (Wildman–Crippen MR) is 137 cm³/mol. The number of pyridine rings is 1. The standard InChI is InChI=1S/C19H26FN3O2S.C7H16/c1-4-9-22(5-2)19(26)25-13-15-12-23(14(3)24)10-8-17(15)18-7-6-16(20)11-21-18;1-5-6-7(2,3)4/h5-7,11,15,17H,2,4,8-10,12-13H2,1,3H3;5-6H2,1-4H3/t15?,17-;/m1./s1.